The zero-order valence-corrected chi connectivity index (χ0v) is 14.7. The van der Waals surface area contributed by atoms with E-state index in [-0.39, 0.29) is 12.0 Å². The van der Waals surface area contributed by atoms with Gasteiger partial charge in [0.05, 0.1) is 6.04 Å². The fourth-order valence-electron chi connectivity index (χ4n) is 2.80. The van der Waals surface area contributed by atoms with Gasteiger partial charge in [-0.1, -0.05) is 37.3 Å². The van der Waals surface area contributed by atoms with Gasteiger partial charge < -0.3 is 0 Å². The summed E-state index contributed by atoms with van der Waals surface area (Å²) in [5.41, 5.74) is 0.692. The summed E-state index contributed by atoms with van der Waals surface area (Å²) in [5, 5.41) is 0.854. The molecule has 22 heavy (non-hydrogen) atoms. The van der Waals surface area contributed by atoms with E-state index in [1.54, 1.807) is 12.1 Å². The molecular formula is C15H20N3O2S2+. The van der Waals surface area contributed by atoms with Gasteiger partial charge in [-0.15, -0.1) is 4.68 Å². The minimum Gasteiger partial charge on any atom is -0.268 e. The summed E-state index contributed by atoms with van der Waals surface area (Å²) in [4.78, 5) is 2.36. The third-order valence-corrected chi connectivity index (χ3v) is 7.49. The van der Waals surface area contributed by atoms with Crippen molar-refractivity contribution >= 4 is 32.7 Å². The maximum atomic E-state index is 13.0. The summed E-state index contributed by atoms with van der Waals surface area (Å²) in [7, 11) is -3.53. The molecule has 0 atom stereocenters. The second-order valence-corrected chi connectivity index (χ2v) is 9.15. The first-order valence-corrected chi connectivity index (χ1v) is 9.54. The monoisotopic (exact) mass is 338 g/mol. The molecule has 0 aliphatic carbocycles. The Morgan fingerprint density at radius 2 is 1.82 bits per heavy atom. The van der Waals surface area contributed by atoms with E-state index in [9.17, 15) is 8.42 Å². The fraction of sp³-hybridized carbons (Fsp3) is 0.400. The number of nitrogens with two attached hydrogens (primary N) is 1. The Labute approximate surface area is 134 Å². The van der Waals surface area contributed by atoms with Crippen molar-refractivity contribution in [2.24, 2.45) is 0 Å². The molecule has 0 saturated carbocycles. The molecule has 0 unspecified atom stereocenters. The van der Waals surface area contributed by atoms with Gasteiger partial charge in [-0.25, -0.2) is 13.3 Å². The summed E-state index contributed by atoms with van der Waals surface area (Å²) >= 11 is 1.27. The van der Waals surface area contributed by atoms with Crippen LogP contribution in [0.3, 0.4) is 0 Å². The van der Waals surface area contributed by atoms with Crippen LogP contribution in [-0.2, 0) is 9.84 Å². The van der Waals surface area contributed by atoms with Crippen LogP contribution in [0.5, 0.6) is 0 Å². The molecule has 2 heterocycles. The highest BCUT2D eigenvalue weighted by Gasteiger charge is 2.46. The quantitative estimate of drug-likeness (QED) is 0.675. The molecule has 7 heteroatoms. The average Bonchev–Trinajstić information content (AvgIpc) is 2.78. The SMILES string of the molecule is CC(C)c1sc2c([n+]1N)N(C(C)C)c1ccccc1S2(=O)=O. The summed E-state index contributed by atoms with van der Waals surface area (Å²) in [6.07, 6.45) is 0. The Bertz CT molecular complexity index is 838. The van der Waals surface area contributed by atoms with E-state index in [0.717, 1.165) is 5.01 Å². The van der Waals surface area contributed by atoms with Gasteiger partial charge in [-0.2, -0.15) is 0 Å². The minimum absolute atomic E-state index is 0.0970. The predicted octanol–water partition coefficient (Wildman–Crippen LogP) is 2.57. The molecule has 1 aromatic heterocycles. The molecule has 1 aliphatic heterocycles. The molecule has 118 valence electrons. The lowest BCUT2D eigenvalue weighted by Gasteiger charge is -2.26. The van der Waals surface area contributed by atoms with Crippen LogP contribution in [0.25, 0.3) is 0 Å². The van der Waals surface area contributed by atoms with Crippen molar-refractivity contribution in [1.82, 2.24) is 0 Å². The average molecular weight is 338 g/mol. The van der Waals surface area contributed by atoms with Crippen molar-refractivity contribution in [2.45, 2.75) is 48.8 Å². The number of benzene rings is 1. The number of hydrogen-bond donors (Lipinski definition) is 1. The zero-order valence-electron chi connectivity index (χ0n) is 13.1. The van der Waals surface area contributed by atoms with Crippen LogP contribution in [0.1, 0.15) is 38.6 Å². The molecular weight excluding hydrogens is 318 g/mol. The van der Waals surface area contributed by atoms with Crippen LogP contribution in [0.2, 0.25) is 0 Å². The Morgan fingerprint density at radius 1 is 1.18 bits per heavy atom. The predicted molar refractivity (Wildman–Crippen MR) is 87.9 cm³/mol. The maximum Gasteiger partial charge on any atom is 0.336 e. The largest absolute Gasteiger partial charge is 0.336 e. The standard InChI is InChI=1S/C15H20N3O2S2/c1-9(2)14-18(16)13-15(21-14)22(19,20)12-8-6-5-7-11(12)17(13)10(3)4/h5-10H,16H2,1-4H3/q+1. The van der Waals surface area contributed by atoms with E-state index in [1.807, 2.05) is 44.7 Å². The van der Waals surface area contributed by atoms with Gasteiger partial charge in [0.2, 0.25) is 14.0 Å². The Balaban J connectivity index is 2.41. The number of rotatable bonds is 2. The molecule has 2 aromatic rings. The Kier molecular flexibility index (Phi) is 3.45. The van der Waals surface area contributed by atoms with Crippen LogP contribution < -0.4 is 15.4 Å². The van der Waals surface area contributed by atoms with Crippen molar-refractivity contribution in [2.75, 3.05) is 10.7 Å². The second-order valence-electron chi connectivity index (χ2n) is 6.01. The molecule has 5 nitrogen and oxygen atoms in total. The number of anilines is 2. The number of aromatic nitrogens is 1. The smallest absolute Gasteiger partial charge is 0.268 e. The van der Waals surface area contributed by atoms with E-state index >= 15 is 0 Å². The number of para-hydroxylation sites is 1. The molecule has 1 aliphatic rings. The number of fused-ring (bicyclic) bond motifs is 2. The summed E-state index contributed by atoms with van der Waals surface area (Å²) in [5.74, 6) is 6.98. The number of hydrogen-bond acceptors (Lipinski definition) is 5. The fourth-order valence-corrected chi connectivity index (χ4v) is 6.00. The maximum absolute atomic E-state index is 13.0. The number of nitrogen functional groups attached to an aromatic ring is 1. The highest BCUT2D eigenvalue weighted by atomic mass is 32.2. The van der Waals surface area contributed by atoms with Crippen molar-refractivity contribution in [3.8, 4) is 0 Å². The lowest BCUT2D eigenvalue weighted by molar-refractivity contribution is -0.630. The molecule has 0 fully saturated rings. The first-order chi connectivity index (χ1) is 10.3. The normalized spacial score (nSPS) is 16.0. The zero-order chi connectivity index (χ0) is 16.2. The van der Waals surface area contributed by atoms with Crippen molar-refractivity contribution < 1.29 is 13.1 Å². The van der Waals surface area contributed by atoms with Crippen molar-refractivity contribution in [3.63, 3.8) is 0 Å². The first kappa shape index (κ1) is 15.3. The van der Waals surface area contributed by atoms with Gasteiger partial charge in [0, 0.05) is 5.92 Å². The molecule has 0 bridgehead atoms. The molecule has 0 spiro atoms. The minimum atomic E-state index is -3.53. The van der Waals surface area contributed by atoms with Gasteiger partial charge in [-0.3, -0.25) is 5.84 Å². The van der Waals surface area contributed by atoms with Gasteiger partial charge in [-0.05, 0) is 26.0 Å². The van der Waals surface area contributed by atoms with E-state index in [1.165, 1.54) is 16.0 Å². The third-order valence-electron chi connectivity index (χ3n) is 3.74. The second kappa shape index (κ2) is 4.96. The summed E-state index contributed by atoms with van der Waals surface area (Å²) in [6.45, 7) is 8.09. The van der Waals surface area contributed by atoms with Gasteiger partial charge in [0.25, 0.3) is 0 Å². The number of thiazole rings is 1. The number of sulfone groups is 1. The van der Waals surface area contributed by atoms with Crippen LogP contribution in [0, 0.1) is 0 Å². The molecule has 3 rings (SSSR count). The summed E-state index contributed by atoms with van der Waals surface area (Å²) in [6, 6.07) is 7.21. The highest BCUT2D eigenvalue weighted by Crippen LogP contribution is 2.46. The molecule has 2 N–H and O–H groups in total. The van der Waals surface area contributed by atoms with E-state index in [0.29, 0.717) is 20.6 Å². The van der Waals surface area contributed by atoms with E-state index in [2.05, 4.69) is 0 Å². The molecule has 0 saturated heterocycles. The van der Waals surface area contributed by atoms with Crippen LogP contribution >= 0.6 is 11.3 Å². The topological polar surface area (TPSA) is 67.3 Å². The lowest BCUT2D eigenvalue weighted by Crippen LogP contribution is -2.52. The highest BCUT2D eigenvalue weighted by molar-refractivity contribution is 7.94. The van der Waals surface area contributed by atoms with E-state index in [4.69, 9.17) is 5.84 Å². The van der Waals surface area contributed by atoms with Gasteiger partial charge in [0.15, 0.2) is 5.01 Å². The van der Waals surface area contributed by atoms with Crippen molar-refractivity contribution in [3.05, 3.63) is 29.3 Å². The van der Waals surface area contributed by atoms with Crippen LogP contribution in [0.15, 0.2) is 33.4 Å². The molecule has 1 aromatic carbocycles. The van der Waals surface area contributed by atoms with Gasteiger partial charge in [0.1, 0.15) is 10.6 Å². The summed E-state index contributed by atoms with van der Waals surface area (Å²) < 4.78 is 27.8. The molecule has 0 amide bonds. The molecule has 0 radical (unpaired) electrons. The van der Waals surface area contributed by atoms with Crippen molar-refractivity contribution in [1.29, 1.82) is 0 Å². The first-order valence-electron chi connectivity index (χ1n) is 7.24. The Morgan fingerprint density at radius 3 is 2.41 bits per heavy atom. The van der Waals surface area contributed by atoms with Crippen LogP contribution in [-0.4, -0.2) is 14.5 Å². The number of nitrogens with zero attached hydrogens (tertiary/aromatic N) is 2. The Hall–Kier alpha value is -1.60. The third kappa shape index (κ3) is 1.95. The lowest BCUT2D eigenvalue weighted by atomic mass is 10.2. The van der Waals surface area contributed by atoms with Gasteiger partial charge >= 0.3 is 5.82 Å². The van der Waals surface area contributed by atoms with E-state index < -0.39 is 9.84 Å². The van der Waals surface area contributed by atoms with Crippen LogP contribution in [0.4, 0.5) is 11.5 Å².